The third kappa shape index (κ3) is 3.91. The second-order valence-electron chi connectivity index (χ2n) is 4.90. The molecule has 0 unspecified atom stereocenters. The molecule has 0 bridgehead atoms. The Hall–Kier alpha value is -1.67. The van der Waals surface area contributed by atoms with Crippen LogP contribution in [0.15, 0.2) is 48.5 Å². The predicted molar refractivity (Wildman–Crippen MR) is 90.2 cm³/mol. The molecule has 0 saturated heterocycles. The zero-order chi connectivity index (χ0) is 14.4. The summed E-state index contributed by atoms with van der Waals surface area (Å²) in [6.07, 6.45) is 2.14. The lowest BCUT2D eigenvalue weighted by molar-refractivity contribution is 0.926. The first-order valence-electron chi connectivity index (χ1n) is 7.18. The fourth-order valence-corrected chi connectivity index (χ4v) is 2.28. The Bertz CT molecular complexity index is 555. The molecule has 0 amide bonds. The lowest BCUT2D eigenvalue weighted by Crippen LogP contribution is -2.21. The maximum absolute atomic E-state index is 5.44. The van der Waals surface area contributed by atoms with Crippen molar-refractivity contribution < 1.29 is 0 Å². The largest absolute Gasteiger partial charge is 0.372 e. The Balaban J connectivity index is 1.93. The topological polar surface area (TPSA) is 12.0 Å². The van der Waals surface area contributed by atoms with E-state index in [0.717, 1.165) is 29.9 Å². The fraction of sp³-hybridized carbons (Fsp3) is 0.278. The van der Waals surface area contributed by atoms with Crippen LogP contribution in [0.3, 0.4) is 0 Å². The molecule has 104 valence electrons. The van der Waals surface area contributed by atoms with Crippen molar-refractivity contribution in [3.05, 3.63) is 70.8 Å². The van der Waals surface area contributed by atoms with Gasteiger partial charge in [0.2, 0.25) is 0 Å². The molecule has 0 fully saturated rings. The van der Waals surface area contributed by atoms with Crippen molar-refractivity contribution in [3.8, 4) is 0 Å². The second-order valence-corrected chi connectivity index (χ2v) is 5.31. The number of thiocarbonyl (C=S) groups is 1. The monoisotopic (exact) mass is 283 g/mol. The van der Waals surface area contributed by atoms with Crippen LogP contribution >= 0.6 is 12.2 Å². The van der Waals surface area contributed by atoms with Gasteiger partial charge in [-0.1, -0.05) is 74.6 Å². The predicted octanol–water partition coefficient (Wildman–Crippen LogP) is 4.28. The first-order chi connectivity index (χ1) is 9.72. The smallest absolute Gasteiger partial charge is 0.106 e. The zero-order valence-electron chi connectivity index (χ0n) is 12.1. The minimum atomic E-state index is 0.776. The van der Waals surface area contributed by atoms with E-state index in [0.29, 0.717) is 0 Å². The number of nitrogens with one attached hydrogen (secondary N) is 1. The van der Waals surface area contributed by atoms with Gasteiger partial charge >= 0.3 is 0 Å². The Labute approximate surface area is 127 Å². The van der Waals surface area contributed by atoms with Gasteiger partial charge in [-0.2, -0.15) is 0 Å². The van der Waals surface area contributed by atoms with E-state index in [4.69, 9.17) is 12.2 Å². The van der Waals surface area contributed by atoms with E-state index >= 15 is 0 Å². The van der Waals surface area contributed by atoms with E-state index in [9.17, 15) is 0 Å². The zero-order valence-corrected chi connectivity index (χ0v) is 13.0. The summed E-state index contributed by atoms with van der Waals surface area (Å²) in [5.41, 5.74) is 5.05. The highest BCUT2D eigenvalue weighted by atomic mass is 32.1. The van der Waals surface area contributed by atoms with E-state index in [1.165, 1.54) is 16.7 Å². The molecule has 0 aliphatic heterocycles. The molecule has 0 spiro atoms. The first kappa shape index (κ1) is 14.7. The summed E-state index contributed by atoms with van der Waals surface area (Å²) in [6, 6.07) is 17.1. The lowest BCUT2D eigenvalue weighted by Gasteiger charge is -2.09. The van der Waals surface area contributed by atoms with Crippen molar-refractivity contribution in [1.29, 1.82) is 0 Å². The highest BCUT2D eigenvalue weighted by molar-refractivity contribution is 7.80. The molecular formula is C18H21NS. The Kier molecular flexibility index (Phi) is 5.31. The van der Waals surface area contributed by atoms with Crippen LogP contribution in [0.2, 0.25) is 0 Å². The third-order valence-electron chi connectivity index (χ3n) is 3.51. The SMILES string of the molecule is CCc1ccc(CNC(=S)c2ccc(CC)cc2)cc1. The van der Waals surface area contributed by atoms with E-state index in [2.05, 4.69) is 67.7 Å². The van der Waals surface area contributed by atoms with Crippen LogP contribution < -0.4 is 5.32 Å². The van der Waals surface area contributed by atoms with Gasteiger partial charge in [0.05, 0.1) is 0 Å². The summed E-state index contributed by atoms with van der Waals surface area (Å²) in [5.74, 6) is 0. The first-order valence-corrected chi connectivity index (χ1v) is 7.58. The summed E-state index contributed by atoms with van der Waals surface area (Å²) in [6.45, 7) is 5.10. The molecule has 1 N–H and O–H groups in total. The van der Waals surface area contributed by atoms with Crippen molar-refractivity contribution in [2.75, 3.05) is 0 Å². The van der Waals surface area contributed by atoms with Gasteiger partial charge in [-0.15, -0.1) is 0 Å². The Morgan fingerprint density at radius 3 is 1.75 bits per heavy atom. The number of aryl methyl sites for hydroxylation is 2. The summed E-state index contributed by atoms with van der Waals surface area (Å²) in [5, 5.41) is 3.32. The highest BCUT2D eigenvalue weighted by Gasteiger charge is 2.01. The maximum Gasteiger partial charge on any atom is 0.106 e. The van der Waals surface area contributed by atoms with Gasteiger partial charge < -0.3 is 5.32 Å². The molecule has 2 heteroatoms. The molecule has 0 atom stereocenters. The normalized spacial score (nSPS) is 10.3. The molecule has 1 nitrogen and oxygen atoms in total. The van der Waals surface area contributed by atoms with Crippen LogP contribution in [0.5, 0.6) is 0 Å². The van der Waals surface area contributed by atoms with Crippen LogP contribution in [0.25, 0.3) is 0 Å². The second kappa shape index (κ2) is 7.20. The summed E-state index contributed by atoms with van der Waals surface area (Å²) < 4.78 is 0. The van der Waals surface area contributed by atoms with E-state index in [1.54, 1.807) is 0 Å². The summed E-state index contributed by atoms with van der Waals surface area (Å²) >= 11 is 5.44. The van der Waals surface area contributed by atoms with Gasteiger partial charge in [0.25, 0.3) is 0 Å². The van der Waals surface area contributed by atoms with Gasteiger partial charge in [0.15, 0.2) is 0 Å². The molecule has 20 heavy (non-hydrogen) atoms. The van der Waals surface area contributed by atoms with E-state index in [-0.39, 0.29) is 0 Å². The van der Waals surface area contributed by atoms with Gasteiger partial charge in [0.1, 0.15) is 4.99 Å². The molecule has 2 aromatic rings. The molecule has 0 heterocycles. The number of hydrogen-bond donors (Lipinski definition) is 1. The van der Waals surface area contributed by atoms with Gasteiger partial charge in [-0.3, -0.25) is 0 Å². The van der Waals surface area contributed by atoms with Crippen molar-refractivity contribution in [3.63, 3.8) is 0 Å². The van der Waals surface area contributed by atoms with Crippen molar-refractivity contribution in [2.24, 2.45) is 0 Å². The van der Waals surface area contributed by atoms with Crippen LogP contribution in [-0.2, 0) is 19.4 Å². The molecule has 0 aliphatic carbocycles. The van der Waals surface area contributed by atoms with Gasteiger partial charge in [-0.25, -0.2) is 0 Å². The maximum atomic E-state index is 5.44. The average molecular weight is 283 g/mol. The van der Waals surface area contributed by atoms with Crippen molar-refractivity contribution in [2.45, 2.75) is 33.2 Å². The lowest BCUT2D eigenvalue weighted by atomic mass is 10.1. The Morgan fingerprint density at radius 1 is 0.800 bits per heavy atom. The fourth-order valence-electron chi connectivity index (χ4n) is 2.07. The number of hydrogen-bond acceptors (Lipinski definition) is 1. The minimum absolute atomic E-state index is 0.776. The van der Waals surface area contributed by atoms with Gasteiger partial charge in [0, 0.05) is 12.1 Å². The van der Waals surface area contributed by atoms with Crippen LogP contribution in [0.4, 0.5) is 0 Å². The average Bonchev–Trinajstić information content (AvgIpc) is 2.53. The number of benzene rings is 2. The summed E-state index contributed by atoms with van der Waals surface area (Å²) in [7, 11) is 0. The molecule has 2 rings (SSSR count). The van der Waals surface area contributed by atoms with Crippen molar-refractivity contribution in [1.82, 2.24) is 5.32 Å². The molecule has 0 saturated carbocycles. The third-order valence-corrected chi connectivity index (χ3v) is 3.89. The highest BCUT2D eigenvalue weighted by Crippen LogP contribution is 2.08. The summed E-state index contributed by atoms with van der Waals surface area (Å²) in [4.78, 5) is 0.812. The minimum Gasteiger partial charge on any atom is -0.372 e. The Morgan fingerprint density at radius 2 is 1.25 bits per heavy atom. The van der Waals surface area contributed by atoms with Crippen LogP contribution in [-0.4, -0.2) is 4.99 Å². The van der Waals surface area contributed by atoms with Crippen LogP contribution in [0.1, 0.15) is 36.1 Å². The van der Waals surface area contributed by atoms with Gasteiger partial charge in [-0.05, 0) is 29.5 Å². The standard InChI is InChI=1S/C18H21NS/c1-3-14-5-7-16(8-6-14)13-19-18(20)17-11-9-15(4-2)10-12-17/h5-12H,3-4,13H2,1-2H3,(H,19,20). The van der Waals surface area contributed by atoms with E-state index in [1.807, 2.05) is 0 Å². The quantitative estimate of drug-likeness (QED) is 0.822. The molecule has 0 radical (unpaired) electrons. The number of rotatable bonds is 5. The molecule has 0 aromatic heterocycles. The van der Waals surface area contributed by atoms with Crippen LogP contribution in [0, 0.1) is 0 Å². The molecular weight excluding hydrogens is 262 g/mol. The molecule has 0 aliphatic rings. The van der Waals surface area contributed by atoms with Crippen molar-refractivity contribution >= 4 is 17.2 Å². The van der Waals surface area contributed by atoms with E-state index < -0.39 is 0 Å². The molecule has 2 aromatic carbocycles.